The van der Waals surface area contributed by atoms with Crippen LogP contribution in [-0.2, 0) is 4.84 Å². The van der Waals surface area contributed by atoms with Gasteiger partial charge >= 0.3 is 6.09 Å². The van der Waals surface area contributed by atoms with Crippen LogP contribution in [0, 0.1) is 10.1 Å². The van der Waals surface area contributed by atoms with Gasteiger partial charge in [0.2, 0.25) is 0 Å². The summed E-state index contributed by atoms with van der Waals surface area (Å²) in [5, 5.41) is 9.36. The standard InChI is InChI=1S/C10H12N2O6/c13-10(17-9-3-6-16-7-9)11-4-1-8(2-5-11)18-12(14)15/h3,6-8H,1-2,4-5H2. The van der Waals surface area contributed by atoms with Gasteiger partial charge in [0.15, 0.2) is 5.75 Å². The number of nitrogens with zero attached hydrogens (tertiary/aromatic N) is 2. The van der Waals surface area contributed by atoms with E-state index in [9.17, 15) is 14.9 Å². The van der Waals surface area contributed by atoms with Gasteiger partial charge < -0.3 is 18.9 Å². The van der Waals surface area contributed by atoms with Gasteiger partial charge in [-0.15, -0.1) is 10.1 Å². The minimum Gasteiger partial charge on any atom is -0.469 e. The number of carbonyl (C=O) groups is 1. The molecule has 0 aliphatic carbocycles. The Bertz CT molecular complexity index is 410. The van der Waals surface area contributed by atoms with Crippen molar-refractivity contribution in [3.8, 4) is 5.75 Å². The van der Waals surface area contributed by atoms with Gasteiger partial charge in [-0.1, -0.05) is 0 Å². The van der Waals surface area contributed by atoms with E-state index in [2.05, 4.69) is 4.84 Å². The second-order valence-electron chi connectivity index (χ2n) is 3.84. The summed E-state index contributed by atoms with van der Waals surface area (Å²) in [5.41, 5.74) is 0. The van der Waals surface area contributed by atoms with Crippen LogP contribution in [0.5, 0.6) is 5.75 Å². The molecule has 0 radical (unpaired) electrons. The summed E-state index contributed by atoms with van der Waals surface area (Å²) >= 11 is 0. The highest BCUT2D eigenvalue weighted by atomic mass is 17.0. The normalized spacial score (nSPS) is 16.3. The summed E-state index contributed by atoms with van der Waals surface area (Å²) in [4.78, 5) is 27.8. The molecule has 0 N–H and O–H groups in total. The SMILES string of the molecule is O=C(Oc1ccoc1)N1CCC(O[N+](=O)[O-])CC1. The molecule has 0 saturated carbocycles. The molecule has 2 heterocycles. The van der Waals surface area contributed by atoms with Crippen LogP contribution in [0.2, 0.25) is 0 Å². The van der Waals surface area contributed by atoms with Crippen LogP contribution >= 0.6 is 0 Å². The van der Waals surface area contributed by atoms with Gasteiger partial charge in [0, 0.05) is 19.2 Å². The quantitative estimate of drug-likeness (QED) is 0.600. The van der Waals surface area contributed by atoms with Crippen molar-refractivity contribution in [2.24, 2.45) is 0 Å². The molecule has 1 aromatic rings. The third-order valence-corrected chi connectivity index (χ3v) is 2.64. The van der Waals surface area contributed by atoms with Gasteiger partial charge in [-0.25, -0.2) is 4.79 Å². The van der Waals surface area contributed by atoms with E-state index in [0.717, 1.165) is 0 Å². The van der Waals surface area contributed by atoms with Crippen LogP contribution in [-0.4, -0.2) is 35.3 Å². The molecule has 0 aromatic carbocycles. The van der Waals surface area contributed by atoms with E-state index < -0.39 is 17.3 Å². The second kappa shape index (κ2) is 5.39. The Balaban J connectivity index is 1.79. The zero-order valence-electron chi connectivity index (χ0n) is 9.48. The average Bonchev–Trinajstić information content (AvgIpc) is 2.82. The molecule has 0 unspecified atom stereocenters. The van der Waals surface area contributed by atoms with Crippen molar-refractivity contribution >= 4 is 6.09 Å². The molecule has 1 aromatic heterocycles. The highest BCUT2D eigenvalue weighted by Crippen LogP contribution is 2.17. The van der Waals surface area contributed by atoms with Gasteiger partial charge in [-0.05, 0) is 12.8 Å². The summed E-state index contributed by atoms with van der Waals surface area (Å²) in [6.07, 6.45) is 2.62. The molecule has 8 heteroatoms. The Morgan fingerprint density at radius 1 is 1.50 bits per heavy atom. The van der Waals surface area contributed by atoms with Crippen molar-refractivity contribution in [2.45, 2.75) is 18.9 Å². The number of likely N-dealkylation sites (tertiary alicyclic amines) is 1. The molecule has 98 valence electrons. The fourth-order valence-corrected chi connectivity index (χ4v) is 1.74. The van der Waals surface area contributed by atoms with Gasteiger partial charge in [-0.3, -0.25) is 0 Å². The molecule has 0 spiro atoms. The van der Waals surface area contributed by atoms with E-state index in [1.807, 2.05) is 0 Å². The first-order valence-electron chi connectivity index (χ1n) is 5.45. The van der Waals surface area contributed by atoms with Crippen LogP contribution in [0.25, 0.3) is 0 Å². The topological polar surface area (TPSA) is 95.0 Å². The van der Waals surface area contributed by atoms with Crippen molar-refractivity contribution in [1.82, 2.24) is 4.90 Å². The number of piperidine rings is 1. The number of furan rings is 1. The van der Waals surface area contributed by atoms with Crippen LogP contribution < -0.4 is 4.74 Å². The Labute approximate surface area is 102 Å². The van der Waals surface area contributed by atoms with Crippen LogP contribution in [0.15, 0.2) is 23.0 Å². The maximum atomic E-state index is 11.7. The monoisotopic (exact) mass is 256 g/mol. The zero-order chi connectivity index (χ0) is 13.0. The van der Waals surface area contributed by atoms with Gasteiger partial charge in [0.05, 0.1) is 6.26 Å². The van der Waals surface area contributed by atoms with Crippen LogP contribution in [0.3, 0.4) is 0 Å². The Kier molecular flexibility index (Phi) is 3.66. The first-order chi connectivity index (χ1) is 8.65. The summed E-state index contributed by atoms with van der Waals surface area (Å²) in [7, 11) is 0. The predicted octanol–water partition coefficient (Wildman–Crippen LogP) is 1.45. The van der Waals surface area contributed by atoms with Crippen molar-refractivity contribution < 1.29 is 23.9 Å². The molecular weight excluding hydrogens is 244 g/mol. The average molecular weight is 256 g/mol. The molecule has 8 nitrogen and oxygen atoms in total. The predicted molar refractivity (Wildman–Crippen MR) is 57.4 cm³/mol. The zero-order valence-corrected chi connectivity index (χ0v) is 9.48. The van der Waals surface area contributed by atoms with E-state index in [0.29, 0.717) is 31.7 Å². The van der Waals surface area contributed by atoms with E-state index in [-0.39, 0.29) is 0 Å². The first kappa shape index (κ1) is 12.2. The maximum Gasteiger partial charge on any atom is 0.415 e. The lowest BCUT2D eigenvalue weighted by Gasteiger charge is -2.29. The highest BCUT2D eigenvalue weighted by molar-refractivity contribution is 5.70. The Morgan fingerprint density at radius 3 is 2.78 bits per heavy atom. The summed E-state index contributed by atoms with van der Waals surface area (Å²) < 4.78 is 9.80. The van der Waals surface area contributed by atoms with E-state index in [1.54, 1.807) is 0 Å². The third kappa shape index (κ3) is 3.12. The lowest BCUT2D eigenvalue weighted by atomic mass is 10.1. The molecule has 1 amide bonds. The van der Waals surface area contributed by atoms with E-state index in [1.165, 1.54) is 23.5 Å². The summed E-state index contributed by atoms with van der Waals surface area (Å²) in [6, 6.07) is 1.53. The molecule has 18 heavy (non-hydrogen) atoms. The van der Waals surface area contributed by atoms with E-state index in [4.69, 9.17) is 9.15 Å². The number of amides is 1. The molecule has 1 aliphatic heterocycles. The molecule has 0 atom stereocenters. The lowest BCUT2D eigenvalue weighted by molar-refractivity contribution is -0.769. The Hall–Kier alpha value is -2.25. The number of rotatable bonds is 3. The fraction of sp³-hybridized carbons (Fsp3) is 0.500. The third-order valence-electron chi connectivity index (χ3n) is 2.64. The van der Waals surface area contributed by atoms with Gasteiger partial charge in [0.1, 0.15) is 12.4 Å². The molecular formula is C10H12N2O6. The minimum absolute atomic E-state index is 0.337. The maximum absolute atomic E-state index is 11.7. The number of ether oxygens (including phenoxy) is 1. The summed E-state index contributed by atoms with van der Waals surface area (Å²) in [5.74, 6) is 0.337. The molecule has 1 fully saturated rings. The highest BCUT2D eigenvalue weighted by Gasteiger charge is 2.26. The smallest absolute Gasteiger partial charge is 0.415 e. The largest absolute Gasteiger partial charge is 0.469 e. The molecule has 1 aliphatic rings. The van der Waals surface area contributed by atoms with Gasteiger partial charge in [0.25, 0.3) is 5.09 Å². The number of carbonyl (C=O) groups excluding carboxylic acids is 1. The van der Waals surface area contributed by atoms with E-state index >= 15 is 0 Å². The second-order valence-corrected chi connectivity index (χ2v) is 3.84. The van der Waals surface area contributed by atoms with Crippen LogP contribution in [0.4, 0.5) is 4.79 Å². The van der Waals surface area contributed by atoms with Crippen LogP contribution in [0.1, 0.15) is 12.8 Å². The number of hydrogen-bond donors (Lipinski definition) is 0. The molecule has 1 saturated heterocycles. The summed E-state index contributed by atoms with van der Waals surface area (Å²) in [6.45, 7) is 0.740. The lowest BCUT2D eigenvalue weighted by Crippen LogP contribution is -2.42. The van der Waals surface area contributed by atoms with Gasteiger partial charge in [-0.2, -0.15) is 0 Å². The first-order valence-corrected chi connectivity index (χ1v) is 5.45. The number of hydrogen-bond acceptors (Lipinski definition) is 6. The fourth-order valence-electron chi connectivity index (χ4n) is 1.74. The minimum atomic E-state index is -0.801. The van der Waals surface area contributed by atoms with Crippen molar-refractivity contribution in [3.05, 3.63) is 28.7 Å². The Morgan fingerprint density at radius 2 is 2.22 bits per heavy atom. The molecule has 0 bridgehead atoms. The van der Waals surface area contributed by atoms with Crippen molar-refractivity contribution in [1.29, 1.82) is 0 Å². The molecule has 2 rings (SSSR count). The van der Waals surface area contributed by atoms with Crippen molar-refractivity contribution in [2.75, 3.05) is 13.1 Å². The van der Waals surface area contributed by atoms with Crippen molar-refractivity contribution in [3.63, 3.8) is 0 Å².